The third-order valence-electron chi connectivity index (χ3n) is 2.96. The Morgan fingerprint density at radius 1 is 1.00 bits per heavy atom. The highest BCUT2D eigenvalue weighted by Gasteiger charge is 2.08. The van der Waals surface area contributed by atoms with Crippen molar-refractivity contribution in [3.05, 3.63) is 65.7 Å². The number of benzene rings is 2. The zero-order chi connectivity index (χ0) is 14.7. The fourth-order valence-electron chi connectivity index (χ4n) is 1.93. The normalized spacial score (nSPS) is 10.3. The van der Waals surface area contributed by atoms with Crippen molar-refractivity contribution in [1.82, 2.24) is 4.98 Å². The molecule has 104 valence electrons. The number of thiazole rings is 1. The van der Waals surface area contributed by atoms with Gasteiger partial charge in [0.2, 0.25) is 0 Å². The quantitative estimate of drug-likeness (QED) is 0.755. The average Bonchev–Trinajstić information content (AvgIpc) is 2.98. The van der Waals surface area contributed by atoms with Crippen LogP contribution in [0.1, 0.15) is 9.67 Å². The molecule has 0 bridgehead atoms. The van der Waals surface area contributed by atoms with Crippen LogP contribution in [-0.2, 0) is 0 Å². The molecule has 0 amide bonds. The molecular formula is C16H12N2O2S. The third kappa shape index (κ3) is 3.09. The smallest absolute Gasteiger partial charge is 0.347 e. The molecule has 0 spiro atoms. The van der Waals surface area contributed by atoms with E-state index in [1.54, 1.807) is 0 Å². The van der Waals surface area contributed by atoms with E-state index in [1.165, 1.54) is 6.20 Å². The molecule has 0 radical (unpaired) electrons. The summed E-state index contributed by atoms with van der Waals surface area (Å²) in [5.41, 5.74) is 3.17. The molecule has 0 aliphatic rings. The summed E-state index contributed by atoms with van der Waals surface area (Å²) < 4.78 is 0. The maximum atomic E-state index is 10.8. The van der Waals surface area contributed by atoms with Crippen LogP contribution in [0.4, 0.5) is 10.8 Å². The first-order valence-electron chi connectivity index (χ1n) is 6.34. The number of hydrogen-bond acceptors (Lipinski definition) is 4. The summed E-state index contributed by atoms with van der Waals surface area (Å²) in [6.45, 7) is 0. The number of nitrogens with zero attached hydrogens (tertiary/aromatic N) is 1. The Hall–Kier alpha value is -2.66. The Morgan fingerprint density at radius 3 is 2.29 bits per heavy atom. The first-order chi connectivity index (χ1) is 10.2. The predicted molar refractivity (Wildman–Crippen MR) is 84.2 cm³/mol. The molecule has 0 aliphatic heterocycles. The van der Waals surface area contributed by atoms with E-state index in [0.29, 0.717) is 5.13 Å². The minimum Gasteiger partial charge on any atom is -0.477 e. The molecule has 1 aromatic heterocycles. The van der Waals surface area contributed by atoms with Crippen LogP contribution in [-0.4, -0.2) is 16.1 Å². The number of carbonyl (C=O) groups is 1. The zero-order valence-corrected chi connectivity index (χ0v) is 11.8. The molecule has 4 nitrogen and oxygen atoms in total. The summed E-state index contributed by atoms with van der Waals surface area (Å²) >= 11 is 1.11. The number of nitrogens with one attached hydrogen (secondary N) is 1. The summed E-state index contributed by atoms with van der Waals surface area (Å²) in [7, 11) is 0. The minimum atomic E-state index is -0.958. The maximum Gasteiger partial charge on any atom is 0.347 e. The van der Waals surface area contributed by atoms with Crippen molar-refractivity contribution < 1.29 is 9.90 Å². The molecule has 5 heteroatoms. The Kier molecular flexibility index (Phi) is 3.66. The van der Waals surface area contributed by atoms with Gasteiger partial charge in [-0.1, -0.05) is 53.8 Å². The number of carboxylic acids is 1. The molecule has 1 heterocycles. The van der Waals surface area contributed by atoms with Crippen molar-refractivity contribution in [2.45, 2.75) is 0 Å². The SMILES string of the molecule is O=C(O)c1cnc(Nc2ccc(-c3ccccc3)cc2)s1. The minimum absolute atomic E-state index is 0.221. The van der Waals surface area contributed by atoms with Gasteiger partial charge in [0.25, 0.3) is 0 Å². The lowest BCUT2D eigenvalue weighted by molar-refractivity contribution is 0.0702. The largest absolute Gasteiger partial charge is 0.477 e. The number of anilines is 2. The molecule has 0 aliphatic carbocycles. The molecular weight excluding hydrogens is 284 g/mol. The molecule has 0 fully saturated rings. The molecule has 0 saturated heterocycles. The van der Waals surface area contributed by atoms with E-state index in [-0.39, 0.29) is 4.88 Å². The van der Waals surface area contributed by atoms with Gasteiger partial charge < -0.3 is 10.4 Å². The van der Waals surface area contributed by atoms with Gasteiger partial charge in [-0.25, -0.2) is 9.78 Å². The van der Waals surface area contributed by atoms with Crippen molar-refractivity contribution in [3.63, 3.8) is 0 Å². The topological polar surface area (TPSA) is 62.2 Å². The van der Waals surface area contributed by atoms with Gasteiger partial charge in [0.1, 0.15) is 4.88 Å². The maximum absolute atomic E-state index is 10.8. The van der Waals surface area contributed by atoms with Crippen LogP contribution < -0.4 is 5.32 Å². The van der Waals surface area contributed by atoms with E-state index in [0.717, 1.165) is 28.2 Å². The lowest BCUT2D eigenvalue weighted by Crippen LogP contribution is -1.90. The van der Waals surface area contributed by atoms with Crippen molar-refractivity contribution in [3.8, 4) is 11.1 Å². The van der Waals surface area contributed by atoms with E-state index in [2.05, 4.69) is 22.4 Å². The van der Waals surface area contributed by atoms with E-state index in [4.69, 9.17) is 5.11 Å². The molecule has 2 aromatic carbocycles. The standard InChI is InChI=1S/C16H12N2O2S/c19-15(20)14-10-17-16(21-14)18-13-8-6-12(7-9-13)11-4-2-1-3-5-11/h1-10H,(H,17,18)(H,19,20). The molecule has 2 N–H and O–H groups in total. The number of hydrogen-bond donors (Lipinski definition) is 2. The monoisotopic (exact) mass is 296 g/mol. The van der Waals surface area contributed by atoms with Gasteiger partial charge in [0.05, 0.1) is 6.20 Å². The van der Waals surface area contributed by atoms with Crippen molar-refractivity contribution in [2.24, 2.45) is 0 Å². The summed E-state index contributed by atoms with van der Waals surface area (Å²) in [6, 6.07) is 18.0. The van der Waals surface area contributed by atoms with Crippen LogP contribution in [0.3, 0.4) is 0 Å². The highest BCUT2D eigenvalue weighted by Crippen LogP contribution is 2.25. The number of aromatic carboxylic acids is 1. The lowest BCUT2D eigenvalue weighted by Gasteiger charge is -2.05. The number of aromatic nitrogens is 1. The van der Waals surface area contributed by atoms with Crippen LogP contribution in [0.5, 0.6) is 0 Å². The van der Waals surface area contributed by atoms with Gasteiger partial charge in [0.15, 0.2) is 5.13 Å². The first kappa shape index (κ1) is 13.3. The van der Waals surface area contributed by atoms with Crippen molar-refractivity contribution >= 4 is 28.1 Å². The van der Waals surface area contributed by atoms with E-state index in [9.17, 15) is 4.79 Å². The van der Waals surface area contributed by atoms with Gasteiger partial charge in [-0.15, -0.1) is 0 Å². The first-order valence-corrected chi connectivity index (χ1v) is 7.16. The number of carboxylic acid groups (broad SMARTS) is 1. The summed E-state index contributed by atoms with van der Waals surface area (Å²) in [5.74, 6) is -0.958. The lowest BCUT2D eigenvalue weighted by atomic mass is 10.1. The van der Waals surface area contributed by atoms with Crippen LogP contribution in [0.15, 0.2) is 60.8 Å². The van der Waals surface area contributed by atoms with E-state index in [1.807, 2.05) is 42.5 Å². The van der Waals surface area contributed by atoms with Crippen molar-refractivity contribution in [1.29, 1.82) is 0 Å². The second kappa shape index (κ2) is 5.76. The van der Waals surface area contributed by atoms with Crippen LogP contribution >= 0.6 is 11.3 Å². The Bertz CT molecular complexity index is 751. The van der Waals surface area contributed by atoms with Gasteiger partial charge in [-0.2, -0.15) is 0 Å². The molecule has 21 heavy (non-hydrogen) atoms. The van der Waals surface area contributed by atoms with Crippen LogP contribution in [0.25, 0.3) is 11.1 Å². The highest BCUT2D eigenvalue weighted by molar-refractivity contribution is 7.17. The second-order valence-corrected chi connectivity index (χ2v) is 5.43. The van der Waals surface area contributed by atoms with E-state index < -0.39 is 5.97 Å². The fourth-order valence-corrected chi connectivity index (χ4v) is 2.61. The zero-order valence-electron chi connectivity index (χ0n) is 11.0. The van der Waals surface area contributed by atoms with Crippen molar-refractivity contribution in [2.75, 3.05) is 5.32 Å². The summed E-state index contributed by atoms with van der Waals surface area (Å²) in [5, 5.41) is 12.5. The van der Waals surface area contributed by atoms with Gasteiger partial charge in [-0.05, 0) is 23.3 Å². The third-order valence-corrected chi connectivity index (χ3v) is 3.86. The molecule has 3 rings (SSSR count). The molecule has 0 unspecified atom stereocenters. The average molecular weight is 296 g/mol. The van der Waals surface area contributed by atoms with Gasteiger partial charge in [-0.3, -0.25) is 0 Å². The second-order valence-electron chi connectivity index (χ2n) is 4.40. The summed E-state index contributed by atoms with van der Waals surface area (Å²) in [6.07, 6.45) is 1.35. The molecule has 3 aromatic rings. The van der Waals surface area contributed by atoms with Gasteiger partial charge in [0, 0.05) is 5.69 Å². The van der Waals surface area contributed by atoms with Crippen LogP contribution in [0.2, 0.25) is 0 Å². The fraction of sp³-hybridized carbons (Fsp3) is 0. The Balaban J connectivity index is 1.76. The van der Waals surface area contributed by atoms with E-state index >= 15 is 0 Å². The Morgan fingerprint density at radius 2 is 1.67 bits per heavy atom. The van der Waals surface area contributed by atoms with Crippen LogP contribution in [0, 0.1) is 0 Å². The predicted octanol–water partition coefficient (Wildman–Crippen LogP) is 4.25. The summed E-state index contributed by atoms with van der Waals surface area (Å²) in [4.78, 5) is 15.1. The Labute approximate surface area is 125 Å². The highest BCUT2D eigenvalue weighted by atomic mass is 32.1. The molecule has 0 atom stereocenters. The van der Waals surface area contributed by atoms with Gasteiger partial charge >= 0.3 is 5.97 Å². The molecule has 0 saturated carbocycles. The number of rotatable bonds is 4.